The van der Waals surface area contributed by atoms with Gasteiger partial charge in [0, 0.05) is 11.2 Å². The predicted octanol–water partition coefficient (Wildman–Crippen LogP) is 4.73. The second kappa shape index (κ2) is 6.31. The molecule has 1 N–H and O–H groups in total. The molecule has 0 saturated heterocycles. The van der Waals surface area contributed by atoms with Crippen molar-refractivity contribution in [1.29, 1.82) is 0 Å². The van der Waals surface area contributed by atoms with Gasteiger partial charge < -0.3 is 10.0 Å². The van der Waals surface area contributed by atoms with Crippen LogP contribution in [0.15, 0.2) is 18.2 Å². The van der Waals surface area contributed by atoms with Gasteiger partial charge in [-0.05, 0) is 50.7 Å². The lowest BCUT2D eigenvalue weighted by Gasteiger charge is -2.50. The molecule has 3 nitrogen and oxygen atoms in total. The first-order valence-electron chi connectivity index (χ1n) is 8.41. The minimum absolute atomic E-state index is 0.144. The van der Waals surface area contributed by atoms with Gasteiger partial charge in [0.15, 0.2) is 0 Å². The van der Waals surface area contributed by atoms with Crippen LogP contribution in [0.3, 0.4) is 0 Å². The summed E-state index contributed by atoms with van der Waals surface area (Å²) in [6, 6.07) is 5.90. The summed E-state index contributed by atoms with van der Waals surface area (Å²) in [6.07, 6.45) is 3.66. The fraction of sp³-hybridized carbons (Fsp3) is 0.632. The summed E-state index contributed by atoms with van der Waals surface area (Å²) in [7, 11) is 0. The van der Waals surface area contributed by atoms with Crippen LogP contribution in [0, 0.1) is 6.92 Å². The van der Waals surface area contributed by atoms with Gasteiger partial charge in [-0.1, -0.05) is 44.9 Å². The number of carboxylic acid groups (broad SMARTS) is 1. The second-order valence-electron chi connectivity index (χ2n) is 7.30. The van der Waals surface area contributed by atoms with E-state index >= 15 is 0 Å². The smallest absolute Gasteiger partial charge is 0.326 e. The number of unbranched alkanes of at least 4 members (excludes halogenated alkanes) is 1. The van der Waals surface area contributed by atoms with Crippen molar-refractivity contribution in [2.75, 3.05) is 4.90 Å². The Labute approximate surface area is 134 Å². The molecule has 0 bridgehead atoms. The first kappa shape index (κ1) is 16.9. The van der Waals surface area contributed by atoms with Crippen molar-refractivity contribution >= 4 is 11.7 Å². The van der Waals surface area contributed by atoms with Gasteiger partial charge in [0.2, 0.25) is 0 Å². The van der Waals surface area contributed by atoms with Crippen LogP contribution in [0.25, 0.3) is 0 Å². The van der Waals surface area contributed by atoms with Crippen molar-refractivity contribution in [3.05, 3.63) is 29.3 Å². The summed E-state index contributed by atoms with van der Waals surface area (Å²) in [5.41, 5.74) is 3.48. The van der Waals surface area contributed by atoms with Gasteiger partial charge in [0.1, 0.15) is 6.04 Å². The average molecular weight is 303 g/mol. The molecule has 22 heavy (non-hydrogen) atoms. The molecule has 0 spiro atoms. The summed E-state index contributed by atoms with van der Waals surface area (Å²) in [4.78, 5) is 14.1. The Hall–Kier alpha value is -1.51. The number of carboxylic acids is 1. The highest BCUT2D eigenvalue weighted by molar-refractivity contribution is 5.81. The van der Waals surface area contributed by atoms with Crippen LogP contribution in [0.4, 0.5) is 5.69 Å². The van der Waals surface area contributed by atoms with Crippen molar-refractivity contribution < 1.29 is 9.90 Å². The van der Waals surface area contributed by atoms with Gasteiger partial charge >= 0.3 is 5.97 Å². The highest BCUT2D eigenvalue weighted by atomic mass is 16.4. The van der Waals surface area contributed by atoms with Crippen molar-refractivity contribution in [1.82, 2.24) is 0 Å². The van der Waals surface area contributed by atoms with Crippen molar-refractivity contribution in [3.63, 3.8) is 0 Å². The molecule has 1 aliphatic heterocycles. The number of anilines is 1. The maximum Gasteiger partial charge on any atom is 0.326 e. The van der Waals surface area contributed by atoms with Crippen LogP contribution >= 0.6 is 0 Å². The Morgan fingerprint density at radius 1 is 1.45 bits per heavy atom. The number of para-hydroxylation sites is 1. The van der Waals surface area contributed by atoms with Crippen LogP contribution in [-0.4, -0.2) is 22.7 Å². The van der Waals surface area contributed by atoms with Crippen LogP contribution in [0.5, 0.6) is 0 Å². The maximum absolute atomic E-state index is 12.0. The number of rotatable bonds is 5. The third-order valence-electron chi connectivity index (χ3n) is 4.93. The van der Waals surface area contributed by atoms with E-state index in [0.717, 1.165) is 24.9 Å². The van der Waals surface area contributed by atoms with Gasteiger partial charge in [0.25, 0.3) is 0 Å². The number of carbonyl (C=O) groups is 1. The van der Waals surface area contributed by atoms with E-state index in [2.05, 4.69) is 57.7 Å². The van der Waals surface area contributed by atoms with Gasteiger partial charge in [0.05, 0.1) is 0 Å². The van der Waals surface area contributed by atoms with Crippen LogP contribution < -0.4 is 4.90 Å². The molecular formula is C19H29NO2. The first-order chi connectivity index (χ1) is 10.3. The van der Waals surface area contributed by atoms with Crippen LogP contribution in [-0.2, 0) is 4.79 Å². The lowest BCUT2D eigenvalue weighted by Crippen LogP contribution is -2.56. The molecule has 0 fully saturated rings. The molecule has 0 amide bonds. The van der Waals surface area contributed by atoms with E-state index in [-0.39, 0.29) is 5.54 Å². The summed E-state index contributed by atoms with van der Waals surface area (Å²) in [6.45, 7) is 10.8. The fourth-order valence-electron chi connectivity index (χ4n) is 4.01. The Balaban J connectivity index is 2.56. The third-order valence-corrected chi connectivity index (χ3v) is 4.93. The van der Waals surface area contributed by atoms with Crippen molar-refractivity contribution in [2.24, 2.45) is 0 Å². The van der Waals surface area contributed by atoms with Crippen LogP contribution in [0.1, 0.15) is 70.4 Å². The normalized spacial score (nSPS) is 21.3. The number of fused-ring (bicyclic) bond motifs is 1. The first-order valence-corrected chi connectivity index (χ1v) is 8.41. The molecular weight excluding hydrogens is 274 g/mol. The molecule has 2 rings (SSSR count). The minimum atomic E-state index is -0.703. The highest BCUT2D eigenvalue weighted by Gasteiger charge is 2.42. The zero-order chi connectivity index (χ0) is 16.5. The number of hydrogen-bond donors (Lipinski definition) is 1. The molecule has 1 aromatic rings. The summed E-state index contributed by atoms with van der Waals surface area (Å²) in [5.74, 6) is -0.243. The molecule has 0 radical (unpaired) electrons. The Kier molecular flexibility index (Phi) is 4.84. The summed E-state index contributed by atoms with van der Waals surface area (Å²) >= 11 is 0. The Morgan fingerprint density at radius 2 is 2.14 bits per heavy atom. The highest BCUT2D eigenvalue weighted by Crippen LogP contribution is 2.46. The van der Waals surface area contributed by atoms with Gasteiger partial charge in [-0.2, -0.15) is 0 Å². The molecule has 0 aromatic heterocycles. The Morgan fingerprint density at radius 3 is 2.73 bits per heavy atom. The number of aryl methyl sites for hydroxylation is 1. The van der Waals surface area contributed by atoms with E-state index in [0.29, 0.717) is 12.3 Å². The molecule has 0 aliphatic carbocycles. The van der Waals surface area contributed by atoms with E-state index in [1.807, 2.05) is 0 Å². The number of nitrogens with zero attached hydrogens (tertiary/aromatic N) is 1. The summed E-state index contributed by atoms with van der Waals surface area (Å²) in [5, 5.41) is 9.83. The topological polar surface area (TPSA) is 40.5 Å². The molecule has 2 atom stereocenters. The van der Waals surface area contributed by atoms with E-state index in [4.69, 9.17) is 0 Å². The molecule has 0 saturated carbocycles. The van der Waals surface area contributed by atoms with Crippen molar-refractivity contribution in [2.45, 2.75) is 77.8 Å². The lowest BCUT2D eigenvalue weighted by molar-refractivity contribution is -0.139. The van der Waals surface area contributed by atoms with Gasteiger partial charge in [-0.15, -0.1) is 0 Å². The monoisotopic (exact) mass is 303 g/mol. The quantitative estimate of drug-likeness (QED) is 0.854. The van der Waals surface area contributed by atoms with E-state index < -0.39 is 12.0 Å². The Bertz CT molecular complexity index is 550. The zero-order valence-corrected chi connectivity index (χ0v) is 14.5. The largest absolute Gasteiger partial charge is 0.480 e. The fourth-order valence-corrected chi connectivity index (χ4v) is 4.01. The molecule has 0 unspecified atom stereocenters. The molecule has 122 valence electrons. The van der Waals surface area contributed by atoms with E-state index in [1.165, 1.54) is 11.1 Å². The molecule has 1 aromatic carbocycles. The number of benzene rings is 1. The predicted molar refractivity (Wildman–Crippen MR) is 91.7 cm³/mol. The molecule has 3 heteroatoms. The third kappa shape index (κ3) is 2.99. The minimum Gasteiger partial charge on any atom is -0.480 e. The van der Waals surface area contributed by atoms with Crippen LogP contribution in [0.2, 0.25) is 0 Å². The number of hydrogen-bond acceptors (Lipinski definition) is 2. The maximum atomic E-state index is 12.0. The summed E-state index contributed by atoms with van der Waals surface area (Å²) < 4.78 is 0. The van der Waals surface area contributed by atoms with E-state index in [1.54, 1.807) is 0 Å². The molecule has 1 aliphatic rings. The lowest BCUT2D eigenvalue weighted by atomic mass is 9.77. The second-order valence-corrected chi connectivity index (χ2v) is 7.30. The zero-order valence-electron chi connectivity index (χ0n) is 14.5. The number of aliphatic carboxylic acids is 1. The van der Waals surface area contributed by atoms with E-state index in [9.17, 15) is 9.90 Å². The van der Waals surface area contributed by atoms with Gasteiger partial charge in [-0.3, -0.25) is 0 Å². The molecule has 1 heterocycles. The van der Waals surface area contributed by atoms with Gasteiger partial charge in [-0.25, -0.2) is 4.79 Å². The average Bonchev–Trinajstić information content (AvgIpc) is 2.42. The standard InChI is InChI=1S/C19H29NO2/c1-6-7-11-16(18(21)22)20-17-13(2)9-8-10-15(17)14(3)12-19(20,4)5/h8-10,14,16H,6-7,11-12H2,1-5H3,(H,21,22)/t14-,16-/m0/s1. The van der Waals surface area contributed by atoms with Crippen molar-refractivity contribution in [3.8, 4) is 0 Å². The SMILES string of the molecule is CCCC[C@@H](C(=O)O)N1c2c(C)cccc2[C@@H](C)CC1(C)C.